The Morgan fingerprint density at radius 3 is 2.64 bits per heavy atom. The number of nitro groups is 1. The van der Waals surface area contributed by atoms with Crippen LogP contribution >= 0.6 is 0 Å². The number of hydrogen-bond donors (Lipinski definition) is 1. The van der Waals surface area contributed by atoms with E-state index in [0.29, 0.717) is 17.9 Å². The molecule has 1 aromatic rings. The van der Waals surface area contributed by atoms with Crippen LogP contribution < -0.4 is 5.32 Å². The van der Waals surface area contributed by atoms with Crippen molar-refractivity contribution in [2.75, 3.05) is 13.6 Å². The summed E-state index contributed by atoms with van der Waals surface area (Å²) < 4.78 is 1.66. The van der Waals surface area contributed by atoms with Gasteiger partial charge in [0.15, 0.2) is 0 Å². The minimum absolute atomic E-state index is 0.126. The molecule has 0 aliphatic rings. The Morgan fingerprint density at radius 2 is 2.21 bits per heavy atom. The molecule has 0 aliphatic carbocycles. The van der Waals surface area contributed by atoms with Crippen LogP contribution in [0.5, 0.6) is 0 Å². The fourth-order valence-corrected chi connectivity index (χ4v) is 1.39. The molecule has 0 atom stereocenters. The third kappa shape index (κ3) is 1.90. The second kappa shape index (κ2) is 4.19. The lowest BCUT2D eigenvalue weighted by Crippen LogP contribution is -2.16. The van der Waals surface area contributed by atoms with Gasteiger partial charge in [0, 0.05) is 6.54 Å². The zero-order chi connectivity index (χ0) is 10.7. The summed E-state index contributed by atoms with van der Waals surface area (Å²) in [6, 6.07) is 0. The highest BCUT2D eigenvalue weighted by Crippen LogP contribution is 2.21. The lowest BCUT2D eigenvalue weighted by atomic mass is 10.3. The Balaban J connectivity index is 2.98. The first-order valence-corrected chi connectivity index (χ1v) is 4.41. The summed E-state index contributed by atoms with van der Waals surface area (Å²) in [5, 5.41) is 17.7. The molecule has 0 saturated carbocycles. The normalized spacial score (nSPS) is 10.5. The monoisotopic (exact) mass is 198 g/mol. The quantitative estimate of drug-likeness (QED) is 0.568. The molecule has 1 aromatic heterocycles. The van der Waals surface area contributed by atoms with E-state index in [1.54, 1.807) is 18.5 Å². The fourth-order valence-electron chi connectivity index (χ4n) is 1.39. The number of nitrogens with one attached hydrogen (secondary N) is 1. The van der Waals surface area contributed by atoms with Crippen molar-refractivity contribution in [1.82, 2.24) is 15.1 Å². The van der Waals surface area contributed by atoms with E-state index in [9.17, 15) is 10.1 Å². The number of aryl methyl sites for hydroxylation is 1. The van der Waals surface area contributed by atoms with E-state index in [1.165, 1.54) is 0 Å². The van der Waals surface area contributed by atoms with Gasteiger partial charge in [0.05, 0.1) is 11.5 Å². The van der Waals surface area contributed by atoms with Gasteiger partial charge in [0.2, 0.25) is 0 Å². The predicted molar refractivity (Wildman–Crippen MR) is 52.3 cm³/mol. The molecule has 0 unspecified atom stereocenters. The first-order valence-electron chi connectivity index (χ1n) is 4.41. The summed E-state index contributed by atoms with van der Waals surface area (Å²) in [7, 11) is 1.83. The fraction of sp³-hybridized carbons (Fsp3) is 0.625. The van der Waals surface area contributed by atoms with Gasteiger partial charge in [0.25, 0.3) is 0 Å². The summed E-state index contributed by atoms with van der Waals surface area (Å²) in [4.78, 5) is 10.3. The van der Waals surface area contributed by atoms with Gasteiger partial charge in [-0.25, -0.2) is 0 Å². The molecule has 0 amide bonds. The first kappa shape index (κ1) is 10.6. The number of likely N-dealkylation sites (N-methyl/N-ethyl adjacent to an activating group) is 1. The maximum atomic E-state index is 10.7. The minimum atomic E-state index is -0.381. The summed E-state index contributed by atoms with van der Waals surface area (Å²) in [6.45, 7) is 4.77. The second-order valence-electron chi connectivity index (χ2n) is 3.10. The number of nitrogens with zero attached hydrogens (tertiary/aromatic N) is 3. The Morgan fingerprint density at radius 1 is 1.57 bits per heavy atom. The zero-order valence-corrected chi connectivity index (χ0v) is 8.57. The van der Waals surface area contributed by atoms with Gasteiger partial charge >= 0.3 is 5.69 Å². The molecule has 0 radical (unpaired) electrons. The van der Waals surface area contributed by atoms with E-state index < -0.39 is 0 Å². The second-order valence-corrected chi connectivity index (χ2v) is 3.10. The van der Waals surface area contributed by atoms with Crippen LogP contribution in [-0.2, 0) is 6.54 Å². The molecule has 1 heterocycles. The molecule has 0 fully saturated rings. The Kier molecular flexibility index (Phi) is 3.19. The molecular weight excluding hydrogens is 184 g/mol. The topological polar surface area (TPSA) is 73.0 Å². The predicted octanol–water partition coefficient (Wildman–Crippen LogP) is 0.628. The van der Waals surface area contributed by atoms with Crippen molar-refractivity contribution < 1.29 is 4.92 Å². The lowest BCUT2D eigenvalue weighted by molar-refractivity contribution is -0.386. The summed E-state index contributed by atoms with van der Waals surface area (Å²) >= 11 is 0. The Bertz CT molecular complexity index is 345. The van der Waals surface area contributed by atoms with Gasteiger partial charge in [-0.2, -0.15) is 5.10 Å². The molecular formula is C8H14N4O2. The van der Waals surface area contributed by atoms with Crippen LogP contribution in [0.2, 0.25) is 0 Å². The van der Waals surface area contributed by atoms with Crippen LogP contribution in [0.3, 0.4) is 0 Å². The molecule has 6 nitrogen and oxygen atoms in total. The van der Waals surface area contributed by atoms with Crippen molar-refractivity contribution in [2.24, 2.45) is 0 Å². The average molecular weight is 198 g/mol. The van der Waals surface area contributed by atoms with Gasteiger partial charge in [-0.3, -0.25) is 14.8 Å². The van der Waals surface area contributed by atoms with E-state index in [2.05, 4.69) is 10.4 Å². The van der Waals surface area contributed by atoms with Crippen molar-refractivity contribution in [3.05, 3.63) is 21.5 Å². The molecule has 0 spiro atoms. The van der Waals surface area contributed by atoms with Gasteiger partial charge in [-0.15, -0.1) is 0 Å². The highest BCUT2D eigenvalue weighted by atomic mass is 16.6. The molecule has 0 bridgehead atoms. The minimum Gasteiger partial charge on any atom is -0.318 e. The van der Waals surface area contributed by atoms with Crippen molar-refractivity contribution in [1.29, 1.82) is 0 Å². The van der Waals surface area contributed by atoms with E-state index in [-0.39, 0.29) is 10.6 Å². The van der Waals surface area contributed by atoms with Crippen LogP contribution in [0.1, 0.15) is 11.4 Å². The number of hydrogen-bond acceptors (Lipinski definition) is 4. The maximum absolute atomic E-state index is 10.7. The third-order valence-electron chi connectivity index (χ3n) is 2.10. The van der Waals surface area contributed by atoms with Crippen molar-refractivity contribution in [3.8, 4) is 0 Å². The SMILES string of the molecule is CNCCn1nc(C)c([N+](=O)[O-])c1C. The lowest BCUT2D eigenvalue weighted by Gasteiger charge is -2.01. The molecule has 14 heavy (non-hydrogen) atoms. The van der Waals surface area contributed by atoms with Gasteiger partial charge in [0.1, 0.15) is 11.4 Å². The Hall–Kier alpha value is -1.43. The molecule has 0 saturated heterocycles. The molecule has 0 aliphatic heterocycles. The molecule has 78 valence electrons. The van der Waals surface area contributed by atoms with Crippen LogP contribution in [0.25, 0.3) is 0 Å². The van der Waals surface area contributed by atoms with Crippen molar-refractivity contribution in [2.45, 2.75) is 20.4 Å². The number of aromatic nitrogens is 2. The smallest absolute Gasteiger partial charge is 0.312 e. The molecule has 1 N–H and O–H groups in total. The van der Waals surface area contributed by atoms with Crippen LogP contribution in [-0.4, -0.2) is 28.3 Å². The van der Waals surface area contributed by atoms with Gasteiger partial charge < -0.3 is 5.32 Å². The van der Waals surface area contributed by atoms with E-state index in [4.69, 9.17) is 0 Å². The summed E-state index contributed by atoms with van der Waals surface area (Å²) in [5.41, 5.74) is 1.22. The summed E-state index contributed by atoms with van der Waals surface area (Å²) in [5.74, 6) is 0. The molecule has 1 rings (SSSR count). The maximum Gasteiger partial charge on any atom is 0.312 e. The van der Waals surface area contributed by atoms with E-state index in [1.807, 2.05) is 7.05 Å². The van der Waals surface area contributed by atoms with E-state index >= 15 is 0 Å². The van der Waals surface area contributed by atoms with Gasteiger partial charge in [-0.1, -0.05) is 0 Å². The standard InChI is InChI=1S/C8H14N4O2/c1-6-8(12(13)14)7(2)11(10-6)5-4-9-3/h9H,4-5H2,1-3H3. The van der Waals surface area contributed by atoms with Gasteiger partial charge in [-0.05, 0) is 20.9 Å². The highest BCUT2D eigenvalue weighted by Gasteiger charge is 2.20. The first-order chi connectivity index (χ1) is 6.57. The molecule has 6 heteroatoms. The summed E-state index contributed by atoms with van der Waals surface area (Å²) in [6.07, 6.45) is 0. The van der Waals surface area contributed by atoms with Crippen LogP contribution in [0, 0.1) is 24.0 Å². The Labute approximate surface area is 82.1 Å². The van der Waals surface area contributed by atoms with Crippen molar-refractivity contribution in [3.63, 3.8) is 0 Å². The zero-order valence-electron chi connectivity index (χ0n) is 8.57. The largest absolute Gasteiger partial charge is 0.318 e. The van der Waals surface area contributed by atoms with E-state index in [0.717, 1.165) is 6.54 Å². The highest BCUT2D eigenvalue weighted by molar-refractivity contribution is 5.39. The average Bonchev–Trinajstić information content (AvgIpc) is 2.38. The van der Waals surface area contributed by atoms with Crippen molar-refractivity contribution >= 4 is 5.69 Å². The molecule has 0 aromatic carbocycles. The van der Waals surface area contributed by atoms with Crippen LogP contribution in [0.4, 0.5) is 5.69 Å². The van der Waals surface area contributed by atoms with Crippen LogP contribution in [0.15, 0.2) is 0 Å². The third-order valence-corrected chi connectivity index (χ3v) is 2.10. The number of rotatable bonds is 4.